The maximum Gasteiger partial charge on any atom is 0.216 e. The van der Waals surface area contributed by atoms with Gasteiger partial charge >= 0.3 is 0 Å². The quantitative estimate of drug-likeness (QED) is 0.227. The molecule has 0 bridgehead atoms. The molecule has 0 fully saturated rings. The molecule has 0 aliphatic heterocycles. The molecule has 2 rings (SSSR count). The van der Waals surface area contributed by atoms with Crippen molar-refractivity contribution >= 4 is 40.0 Å². The molecule has 178 valence electrons. The predicted octanol–water partition coefficient (Wildman–Crippen LogP) is 4.17. The van der Waals surface area contributed by atoms with E-state index in [9.17, 15) is 8.42 Å². The molecule has 0 heterocycles. The molecule has 32 heavy (non-hydrogen) atoms. The van der Waals surface area contributed by atoms with Gasteiger partial charge in [-0.1, -0.05) is 68.4 Å². The zero-order valence-corrected chi connectivity index (χ0v) is 22.8. The zero-order chi connectivity index (χ0) is 22.9. The van der Waals surface area contributed by atoms with Crippen molar-refractivity contribution in [3.05, 3.63) is 71.3 Å². The van der Waals surface area contributed by atoms with Gasteiger partial charge in [-0.3, -0.25) is 0 Å². The minimum atomic E-state index is -3.32. The third kappa shape index (κ3) is 9.87. The Labute approximate surface area is 210 Å². The van der Waals surface area contributed by atoms with Crippen molar-refractivity contribution in [3.63, 3.8) is 0 Å². The van der Waals surface area contributed by atoms with Gasteiger partial charge in [-0.15, -0.1) is 24.0 Å². The van der Waals surface area contributed by atoms with E-state index in [1.54, 1.807) is 0 Å². The highest BCUT2D eigenvalue weighted by Gasteiger charge is 2.20. The molecule has 0 radical (unpaired) electrons. The molecule has 0 aromatic heterocycles. The standard InChI is InChI=1S/C24H36N4O2S.HI/c1-6-25-23(27-18-24(4,5)22-10-8-7-9-11-22)26-16-20-12-14-21(15-13-20)17-31(29,30)28-19(2)3;/h7-15,19,28H,6,16-18H2,1-5H3,(H2,25,26,27);1H. The fourth-order valence-corrected chi connectivity index (χ4v) is 4.60. The van der Waals surface area contributed by atoms with Crippen LogP contribution in [-0.4, -0.2) is 33.5 Å². The number of aliphatic imine (C=N–C) groups is 1. The van der Waals surface area contributed by atoms with Crippen molar-refractivity contribution in [1.29, 1.82) is 0 Å². The van der Waals surface area contributed by atoms with Crippen LogP contribution in [0.5, 0.6) is 0 Å². The maximum atomic E-state index is 12.1. The smallest absolute Gasteiger partial charge is 0.216 e. The molecule has 0 saturated carbocycles. The molecule has 0 atom stereocenters. The number of halogens is 1. The first-order valence-corrected chi connectivity index (χ1v) is 12.4. The summed E-state index contributed by atoms with van der Waals surface area (Å²) in [5, 5.41) is 6.73. The highest BCUT2D eigenvalue weighted by Crippen LogP contribution is 2.21. The summed E-state index contributed by atoms with van der Waals surface area (Å²) in [7, 11) is -3.32. The molecule has 0 aliphatic carbocycles. The third-order valence-electron chi connectivity index (χ3n) is 4.81. The number of sulfonamides is 1. The van der Waals surface area contributed by atoms with Crippen molar-refractivity contribution < 1.29 is 8.42 Å². The lowest BCUT2D eigenvalue weighted by Crippen LogP contribution is -2.43. The van der Waals surface area contributed by atoms with Gasteiger partial charge in [-0.05, 0) is 37.5 Å². The second-order valence-electron chi connectivity index (χ2n) is 8.65. The number of benzene rings is 2. The predicted molar refractivity (Wildman–Crippen MR) is 145 cm³/mol. The molecule has 3 N–H and O–H groups in total. The van der Waals surface area contributed by atoms with Gasteiger partial charge in [0.15, 0.2) is 5.96 Å². The fourth-order valence-electron chi connectivity index (χ4n) is 3.17. The van der Waals surface area contributed by atoms with Crippen molar-refractivity contribution in [2.45, 2.75) is 58.4 Å². The Morgan fingerprint density at radius 2 is 1.56 bits per heavy atom. The molecule has 6 nitrogen and oxygen atoms in total. The van der Waals surface area contributed by atoms with E-state index in [1.165, 1.54) is 5.56 Å². The van der Waals surface area contributed by atoms with Gasteiger partial charge in [0.2, 0.25) is 10.0 Å². The van der Waals surface area contributed by atoms with Gasteiger partial charge in [0.25, 0.3) is 0 Å². The van der Waals surface area contributed by atoms with Crippen LogP contribution in [-0.2, 0) is 27.7 Å². The minimum absolute atomic E-state index is 0. The van der Waals surface area contributed by atoms with Crippen molar-refractivity contribution in [2.75, 3.05) is 13.1 Å². The number of hydrogen-bond acceptors (Lipinski definition) is 3. The van der Waals surface area contributed by atoms with Crippen LogP contribution in [0.4, 0.5) is 0 Å². The lowest BCUT2D eigenvalue weighted by atomic mass is 9.85. The molecule has 0 amide bonds. The average Bonchev–Trinajstić information content (AvgIpc) is 2.70. The van der Waals surface area contributed by atoms with Gasteiger partial charge < -0.3 is 10.6 Å². The zero-order valence-electron chi connectivity index (χ0n) is 19.7. The van der Waals surface area contributed by atoms with Crippen LogP contribution in [0.2, 0.25) is 0 Å². The summed E-state index contributed by atoms with van der Waals surface area (Å²) in [4.78, 5) is 4.69. The summed E-state index contributed by atoms with van der Waals surface area (Å²) in [6.07, 6.45) is 0. The highest BCUT2D eigenvalue weighted by molar-refractivity contribution is 14.0. The Hall–Kier alpha value is -1.65. The minimum Gasteiger partial charge on any atom is -0.357 e. The van der Waals surface area contributed by atoms with Gasteiger partial charge in [0, 0.05) is 24.5 Å². The number of hydrogen-bond donors (Lipinski definition) is 3. The normalized spacial score (nSPS) is 12.4. The van der Waals surface area contributed by atoms with Gasteiger partial charge in [0.1, 0.15) is 0 Å². The lowest BCUT2D eigenvalue weighted by Gasteiger charge is -2.26. The van der Waals surface area contributed by atoms with Crippen LogP contribution < -0.4 is 15.4 Å². The first-order chi connectivity index (χ1) is 14.6. The molecule has 2 aromatic rings. The summed E-state index contributed by atoms with van der Waals surface area (Å²) >= 11 is 0. The number of nitrogens with zero attached hydrogens (tertiary/aromatic N) is 1. The summed E-state index contributed by atoms with van der Waals surface area (Å²) in [6, 6.07) is 17.9. The average molecular weight is 573 g/mol. The van der Waals surface area contributed by atoms with E-state index in [2.05, 4.69) is 58.5 Å². The van der Waals surface area contributed by atoms with Crippen LogP contribution >= 0.6 is 24.0 Å². The Kier molecular flexibility index (Phi) is 11.7. The molecule has 0 saturated heterocycles. The number of rotatable bonds is 10. The van der Waals surface area contributed by atoms with Crippen LogP contribution in [0.3, 0.4) is 0 Å². The molecular weight excluding hydrogens is 535 g/mol. The van der Waals surface area contributed by atoms with E-state index < -0.39 is 10.0 Å². The highest BCUT2D eigenvalue weighted by atomic mass is 127. The Bertz CT molecular complexity index is 944. The van der Waals surface area contributed by atoms with Crippen LogP contribution in [0.25, 0.3) is 0 Å². The van der Waals surface area contributed by atoms with Crippen molar-refractivity contribution in [3.8, 4) is 0 Å². The van der Waals surface area contributed by atoms with Crippen molar-refractivity contribution in [2.24, 2.45) is 4.99 Å². The number of nitrogens with one attached hydrogen (secondary N) is 3. The lowest BCUT2D eigenvalue weighted by molar-refractivity contribution is 0.508. The largest absolute Gasteiger partial charge is 0.357 e. The molecule has 8 heteroatoms. The second-order valence-corrected chi connectivity index (χ2v) is 10.4. The van der Waals surface area contributed by atoms with Gasteiger partial charge in [-0.25, -0.2) is 18.1 Å². The van der Waals surface area contributed by atoms with E-state index in [0.717, 1.165) is 30.2 Å². The van der Waals surface area contributed by atoms with Crippen LogP contribution in [0.1, 0.15) is 51.3 Å². The maximum absolute atomic E-state index is 12.1. The molecular formula is C24H37IN4O2S. The first kappa shape index (κ1) is 28.4. The molecule has 2 aromatic carbocycles. The molecule has 0 aliphatic rings. The fraction of sp³-hybridized carbons (Fsp3) is 0.458. The third-order valence-corrected chi connectivity index (χ3v) is 6.36. The molecule has 0 unspecified atom stereocenters. The number of guanidine groups is 1. The summed E-state index contributed by atoms with van der Waals surface area (Å²) < 4.78 is 26.8. The van der Waals surface area contributed by atoms with Gasteiger partial charge in [0.05, 0.1) is 12.3 Å². The van der Waals surface area contributed by atoms with E-state index in [0.29, 0.717) is 6.54 Å². The monoisotopic (exact) mass is 572 g/mol. The van der Waals surface area contributed by atoms with E-state index in [4.69, 9.17) is 0 Å². The second kappa shape index (κ2) is 13.2. The topological polar surface area (TPSA) is 82.6 Å². The first-order valence-electron chi connectivity index (χ1n) is 10.8. The summed E-state index contributed by atoms with van der Waals surface area (Å²) in [5.74, 6) is 0.743. The van der Waals surface area contributed by atoms with Crippen LogP contribution in [0, 0.1) is 0 Å². The van der Waals surface area contributed by atoms with Crippen molar-refractivity contribution in [1.82, 2.24) is 15.4 Å². The van der Waals surface area contributed by atoms with Gasteiger partial charge in [-0.2, -0.15) is 0 Å². The molecule has 0 spiro atoms. The summed E-state index contributed by atoms with van der Waals surface area (Å²) in [5.41, 5.74) is 3.03. The SMILES string of the molecule is CCNC(=NCc1ccc(CS(=O)(=O)NC(C)C)cc1)NCC(C)(C)c1ccccc1.I. The summed E-state index contributed by atoms with van der Waals surface area (Å²) in [6.45, 7) is 12.1. The van der Waals surface area contributed by atoms with E-state index in [-0.39, 0.29) is 41.2 Å². The van der Waals surface area contributed by atoms with E-state index >= 15 is 0 Å². The Morgan fingerprint density at radius 1 is 0.969 bits per heavy atom. The Balaban J connectivity index is 0.00000512. The van der Waals surface area contributed by atoms with E-state index in [1.807, 2.05) is 51.1 Å². The van der Waals surface area contributed by atoms with Crippen LogP contribution in [0.15, 0.2) is 59.6 Å². The Morgan fingerprint density at radius 3 is 2.12 bits per heavy atom.